The Labute approximate surface area is 130 Å². The fourth-order valence-electron chi connectivity index (χ4n) is 2.92. The molecule has 2 rings (SSSR count). The highest BCUT2D eigenvalue weighted by atomic mass is 32.1. The zero-order valence-corrected chi connectivity index (χ0v) is 13.4. The molecule has 0 aliphatic heterocycles. The lowest BCUT2D eigenvalue weighted by molar-refractivity contribution is -0.133. The van der Waals surface area contributed by atoms with Gasteiger partial charge in [0.15, 0.2) is 0 Å². The number of rotatable bonds is 4. The summed E-state index contributed by atoms with van der Waals surface area (Å²) in [6.45, 7) is 5.61. The first-order valence-corrected chi connectivity index (χ1v) is 7.54. The maximum absolute atomic E-state index is 13.6. The highest BCUT2D eigenvalue weighted by Gasteiger charge is 2.51. The molecule has 1 aromatic carbocycles. The van der Waals surface area contributed by atoms with E-state index >= 15 is 0 Å². The van der Waals surface area contributed by atoms with E-state index in [2.05, 4.69) is 12.2 Å². The van der Waals surface area contributed by atoms with Crippen molar-refractivity contribution in [2.75, 3.05) is 0 Å². The Morgan fingerprint density at radius 1 is 1.52 bits per heavy atom. The topological polar surface area (TPSA) is 55.1 Å². The molecule has 1 aromatic rings. The number of carbonyl (C=O) groups is 1. The summed E-state index contributed by atoms with van der Waals surface area (Å²) >= 11 is 5.07. The molecule has 1 saturated carbocycles. The number of hydrogen-bond acceptors (Lipinski definition) is 2. The molecule has 3 nitrogen and oxygen atoms in total. The number of benzene rings is 1. The van der Waals surface area contributed by atoms with E-state index in [-0.39, 0.29) is 22.8 Å². The Balaban J connectivity index is 2.11. The lowest BCUT2D eigenvalue weighted by atomic mass is 9.62. The maximum Gasteiger partial charge on any atom is 0.233 e. The van der Waals surface area contributed by atoms with Crippen LogP contribution in [0.4, 0.5) is 4.39 Å². The molecule has 0 radical (unpaired) electrons. The van der Waals surface area contributed by atoms with Gasteiger partial charge in [-0.2, -0.15) is 0 Å². The standard InChI is InChI=1S/C16H21FN2OS/c1-9-7-16(8-9,14(18)21)15(20)19-11(3)12-5-4-10(2)13(17)6-12/h4-6,9,11H,7-8H2,1-3H3,(H2,18,21)(H,19,20). The van der Waals surface area contributed by atoms with Gasteiger partial charge >= 0.3 is 0 Å². The molecule has 0 heterocycles. The van der Waals surface area contributed by atoms with Crippen LogP contribution in [-0.2, 0) is 4.79 Å². The lowest BCUT2D eigenvalue weighted by Gasteiger charge is -2.44. The molecular formula is C16H21FN2OS. The van der Waals surface area contributed by atoms with Crippen LogP contribution in [0.3, 0.4) is 0 Å². The van der Waals surface area contributed by atoms with Crippen molar-refractivity contribution >= 4 is 23.1 Å². The summed E-state index contributed by atoms with van der Waals surface area (Å²) in [5, 5.41) is 2.91. The highest BCUT2D eigenvalue weighted by molar-refractivity contribution is 7.80. The molecule has 0 saturated heterocycles. The van der Waals surface area contributed by atoms with Gasteiger partial charge < -0.3 is 11.1 Å². The molecule has 0 bridgehead atoms. The van der Waals surface area contributed by atoms with E-state index < -0.39 is 5.41 Å². The number of thiocarbonyl (C=S) groups is 1. The van der Waals surface area contributed by atoms with Crippen molar-refractivity contribution in [3.63, 3.8) is 0 Å². The maximum atomic E-state index is 13.6. The van der Waals surface area contributed by atoms with Gasteiger partial charge in [-0.1, -0.05) is 31.3 Å². The van der Waals surface area contributed by atoms with Crippen molar-refractivity contribution in [2.24, 2.45) is 17.1 Å². The van der Waals surface area contributed by atoms with Crippen LogP contribution in [0.15, 0.2) is 18.2 Å². The summed E-state index contributed by atoms with van der Waals surface area (Å²) in [7, 11) is 0. The molecule has 1 atom stereocenters. The summed E-state index contributed by atoms with van der Waals surface area (Å²) in [4.78, 5) is 12.7. The Hall–Kier alpha value is -1.49. The fraction of sp³-hybridized carbons (Fsp3) is 0.500. The number of nitrogens with one attached hydrogen (secondary N) is 1. The van der Waals surface area contributed by atoms with Crippen LogP contribution < -0.4 is 11.1 Å². The van der Waals surface area contributed by atoms with E-state index in [1.165, 1.54) is 6.07 Å². The zero-order valence-electron chi connectivity index (χ0n) is 12.6. The van der Waals surface area contributed by atoms with E-state index in [0.717, 1.165) is 5.56 Å². The quantitative estimate of drug-likeness (QED) is 0.841. The largest absolute Gasteiger partial charge is 0.392 e. The summed E-state index contributed by atoms with van der Waals surface area (Å²) in [5.41, 5.74) is 6.36. The van der Waals surface area contributed by atoms with Crippen molar-refractivity contribution in [1.82, 2.24) is 5.32 Å². The Kier molecular flexibility index (Phi) is 4.33. The van der Waals surface area contributed by atoms with Gasteiger partial charge in [0.05, 0.1) is 16.4 Å². The fourth-order valence-corrected chi connectivity index (χ4v) is 3.18. The molecule has 1 amide bonds. The molecule has 5 heteroatoms. The summed E-state index contributed by atoms with van der Waals surface area (Å²) < 4.78 is 13.6. The second kappa shape index (κ2) is 5.72. The molecule has 114 valence electrons. The van der Waals surface area contributed by atoms with Crippen LogP contribution in [0.1, 0.15) is 43.9 Å². The zero-order chi connectivity index (χ0) is 15.8. The third kappa shape index (κ3) is 2.93. The Morgan fingerprint density at radius 2 is 2.14 bits per heavy atom. The van der Waals surface area contributed by atoms with Crippen LogP contribution >= 0.6 is 12.2 Å². The van der Waals surface area contributed by atoms with Gasteiger partial charge in [0.1, 0.15) is 5.82 Å². The second-order valence-corrected chi connectivity index (χ2v) is 6.60. The molecule has 21 heavy (non-hydrogen) atoms. The van der Waals surface area contributed by atoms with Crippen LogP contribution in [-0.4, -0.2) is 10.9 Å². The Bertz CT molecular complexity index is 582. The predicted molar refractivity (Wildman–Crippen MR) is 85.3 cm³/mol. The number of hydrogen-bond donors (Lipinski definition) is 2. The van der Waals surface area contributed by atoms with E-state index in [1.54, 1.807) is 13.0 Å². The monoisotopic (exact) mass is 308 g/mol. The molecule has 1 unspecified atom stereocenters. The van der Waals surface area contributed by atoms with E-state index in [0.29, 0.717) is 24.3 Å². The van der Waals surface area contributed by atoms with Gasteiger partial charge in [0.25, 0.3) is 0 Å². The smallest absolute Gasteiger partial charge is 0.233 e. The van der Waals surface area contributed by atoms with Crippen LogP contribution in [0.2, 0.25) is 0 Å². The van der Waals surface area contributed by atoms with Gasteiger partial charge in [-0.15, -0.1) is 0 Å². The first-order valence-electron chi connectivity index (χ1n) is 7.13. The third-order valence-electron chi connectivity index (χ3n) is 4.34. The van der Waals surface area contributed by atoms with Gasteiger partial charge in [-0.05, 0) is 49.8 Å². The average Bonchev–Trinajstić information content (AvgIpc) is 2.37. The molecule has 1 fully saturated rings. The molecule has 0 aromatic heterocycles. The average molecular weight is 308 g/mol. The van der Waals surface area contributed by atoms with Gasteiger partial charge in [0, 0.05) is 0 Å². The minimum atomic E-state index is -0.730. The van der Waals surface area contributed by atoms with Crippen LogP contribution in [0.25, 0.3) is 0 Å². The van der Waals surface area contributed by atoms with Crippen molar-refractivity contribution in [3.05, 3.63) is 35.1 Å². The highest BCUT2D eigenvalue weighted by Crippen LogP contribution is 2.46. The minimum absolute atomic E-state index is 0.151. The molecule has 3 N–H and O–H groups in total. The lowest BCUT2D eigenvalue weighted by Crippen LogP contribution is -2.56. The van der Waals surface area contributed by atoms with Crippen molar-refractivity contribution < 1.29 is 9.18 Å². The van der Waals surface area contributed by atoms with Gasteiger partial charge in [0.2, 0.25) is 5.91 Å². The van der Waals surface area contributed by atoms with E-state index in [4.69, 9.17) is 18.0 Å². The number of nitrogens with two attached hydrogens (primary N) is 1. The first kappa shape index (κ1) is 15.9. The van der Waals surface area contributed by atoms with Crippen LogP contribution in [0, 0.1) is 24.1 Å². The third-order valence-corrected chi connectivity index (χ3v) is 4.73. The van der Waals surface area contributed by atoms with E-state index in [1.807, 2.05) is 13.0 Å². The SMILES string of the molecule is Cc1ccc(C(C)NC(=O)C2(C(N)=S)CC(C)C2)cc1F. The molecule has 0 spiro atoms. The second-order valence-electron chi connectivity index (χ2n) is 6.16. The van der Waals surface area contributed by atoms with Crippen molar-refractivity contribution in [1.29, 1.82) is 0 Å². The Morgan fingerprint density at radius 3 is 2.62 bits per heavy atom. The molecule has 1 aliphatic rings. The summed E-state index contributed by atoms with van der Waals surface area (Å²) in [6.07, 6.45) is 1.37. The molecule has 1 aliphatic carbocycles. The van der Waals surface area contributed by atoms with E-state index in [9.17, 15) is 9.18 Å². The van der Waals surface area contributed by atoms with Crippen molar-refractivity contribution in [3.8, 4) is 0 Å². The number of halogens is 1. The predicted octanol–water partition coefficient (Wildman–Crippen LogP) is 3.01. The number of amides is 1. The van der Waals surface area contributed by atoms with Crippen molar-refractivity contribution in [2.45, 2.75) is 39.7 Å². The molecular weight excluding hydrogens is 287 g/mol. The van der Waals surface area contributed by atoms with Gasteiger partial charge in [-0.3, -0.25) is 4.79 Å². The minimum Gasteiger partial charge on any atom is -0.392 e. The number of aryl methyl sites for hydroxylation is 1. The normalized spacial score (nSPS) is 25.8. The van der Waals surface area contributed by atoms with Crippen LogP contribution in [0.5, 0.6) is 0 Å². The first-order chi connectivity index (χ1) is 9.76. The van der Waals surface area contributed by atoms with Gasteiger partial charge in [-0.25, -0.2) is 4.39 Å². The summed E-state index contributed by atoms with van der Waals surface area (Å²) in [6, 6.07) is 4.70. The number of carbonyl (C=O) groups excluding carboxylic acids is 1. The summed E-state index contributed by atoms with van der Waals surface area (Å²) in [5.74, 6) is 0.0286.